The van der Waals surface area contributed by atoms with Crippen molar-refractivity contribution in [2.45, 2.75) is 32.0 Å². The summed E-state index contributed by atoms with van der Waals surface area (Å²) in [6, 6.07) is 0. The van der Waals surface area contributed by atoms with Gasteiger partial charge in [0.2, 0.25) is 0 Å². The minimum absolute atomic E-state index is 0.0404. The summed E-state index contributed by atoms with van der Waals surface area (Å²) >= 11 is 5.83. The van der Waals surface area contributed by atoms with Gasteiger partial charge in [0.1, 0.15) is 9.84 Å². The Morgan fingerprint density at radius 1 is 1.47 bits per heavy atom. The van der Waals surface area contributed by atoms with E-state index in [0.717, 1.165) is 19.6 Å². The van der Waals surface area contributed by atoms with Crippen molar-refractivity contribution >= 4 is 21.4 Å². The van der Waals surface area contributed by atoms with Crippen LogP contribution in [0.3, 0.4) is 0 Å². The van der Waals surface area contributed by atoms with Crippen LogP contribution in [0.1, 0.15) is 20.3 Å². The molecule has 0 saturated carbocycles. The van der Waals surface area contributed by atoms with Crippen molar-refractivity contribution in [3.63, 3.8) is 0 Å². The van der Waals surface area contributed by atoms with Gasteiger partial charge < -0.3 is 4.74 Å². The molecule has 0 N–H and O–H groups in total. The minimum atomic E-state index is -2.86. The number of morpholine rings is 1. The Balaban J connectivity index is 2.42. The van der Waals surface area contributed by atoms with Crippen LogP contribution >= 0.6 is 11.6 Å². The fraction of sp³-hybridized carbons (Fsp3) is 1.00. The standard InChI is InChI=1S/C11H22ClNO3S/c1-11(2)9-13(8-10(7-12)16-11)5-4-6-17(3,14)15/h10H,4-9H2,1-3H3. The predicted octanol–water partition coefficient (Wildman–Crippen LogP) is 1.14. The second-order valence-electron chi connectivity index (χ2n) is 5.37. The fourth-order valence-corrected chi connectivity index (χ4v) is 3.03. The number of hydrogen-bond acceptors (Lipinski definition) is 4. The number of sulfone groups is 1. The molecule has 1 unspecified atom stereocenters. The lowest BCUT2D eigenvalue weighted by atomic mass is 10.1. The lowest BCUT2D eigenvalue weighted by molar-refractivity contribution is -0.127. The first-order valence-electron chi connectivity index (χ1n) is 5.86. The molecule has 17 heavy (non-hydrogen) atoms. The van der Waals surface area contributed by atoms with E-state index >= 15 is 0 Å². The molecule has 1 aliphatic heterocycles. The van der Waals surface area contributed by atoms with Gasteiger partial charge in [0.05, 0.1) is 17.5 Å². The van der Waals surface area contributed by atoms with Gasteiger partial charge in [-0.3, -0.25) is 4.90 Å². The Labute approximate surface area is 109 Å². The molecule has 1 heterocycles. The highest BCUT2D eigenvalue weighted by Crippen LogP contribution is 2.21. The van der Waals surface area contributed by atoms with E-state index in [4.69, 9.17) is 16.3 Å². The van der Waals surface area contributed by atoms with Gasteiger partial charge in [-0.05, 0) is 26.8 Å². The van der Waals surface area contributed by atoms with Crippen LogP contribution in [0.25, 0.3) is 0 Å². The van der Waals surface area contributed by atoms with E-state index in [1.807, 2.05) is 13.8 Å². The lowest BCUT2D eigenvalue weighted by Crippen LogP contribution is -2.53. The van der Waals surface area contributed by atoms with Gasteiger partial charge in [-0.2, -0.15) is 0 Å². The zero-order valence-corrected chi connectivity index (χ0v) is 12.4. The molecule has 1 rings (SSSR count). The van der Waals surface area contributed by atoms with Crippen molar-refractivity contribution in [2.24, 2.45) is 0 Å². The number of alkyl halides is 1. The van der Waals surface area contributed by atoms with E-state index < -0.39 is 9.84 Å². The molecule has 1 fully saturated rings. The Morgan fingerprint density at radius 3 is 2.65 bits per heavy atom. The Hall–Kier alpha value is 0.160. The summed E-state index contributed by atoms with van der Waals surface area (Å²) in [5.74, 6) is 0.725. The summed E-state index contributed by atoms with van der Waals surface area (Å²) in [5.41, 5.74) is -0.205. The average molecular weight is 284 g/mol. The van der Waals surface area contributed by atoms with E-state index in [1.165, 1.54) is 6.26 Å². The molecule has 0 aromatic rings. The molecule has 0 spiro atoms. The summed E-state index contributed by atoms with van der Waals surface area (Å²) in [5, 5.41) is 0. The smallest absolute Gasteiger partial charge is 0.147 e. The van der Waals surface area contributed by atoms with Gasteiger partial charge in [0, 0.05) is 25.2 Å². The Kier molecular flexibility index (Phi) is 5.25. The van der Waals surface area contributed by atoms with Crippen LogP contribution in [0.15, 0.2) is 0 Å². The highest BCUT2D eigenvalue weighted by molar-refractivity contribution is 7.90. The summed E-state index contributed by atoms with van der Waals surface area (Å²) in [7, 11) is -2.86. The fourth-order valence-electron chi connectivity index (χ4n) is 2.22. The third kappa shape index (κ3) is 6.04. The Bertz CT molecular complexity index is 343. The largest absolute Gasteiger partial charge is 0.368 e. The summed E-state index contributed by atoms with van der Waals surface area (Å²) in [6.45, 7) is 6.47. The van der Waals surface area contributed by atoms with Crippen LogP contribution in [0.2, 0.25) is 0 Å². The van der Waals surface area contributed by atoms with E-state index in [1.54, 1.807) is 0 Å². The van der Waals surface area contributed by atoms with Crippen LogP contribution in [0.5, 0.6) is 0 Å². The third-order valence-electron chi connectivity index (χ3n) is 2.71. The number of nitrogens with zero attached hydrogens (tertiary/aromatic N) is 1. The summed E-state index contributed by atoms with van der Waals surface area (Å²) in [4.78, 5) is 2.24. The van der Waals surface area contributed by atoms with Crippen LogP contribution in [-0.2, 0) is 14.6 Å². The van der Waals surface area contributed by atoms with Crippen LogP contribution < -0.4 is 0 Å². The molecule has 0 aromatic heterocycles. The molecule has 6 heteroatoms. The van der Waals surface area contributed by atoms with Crippen molar-refractivity contribution in [1.29, 1.82) is 0 Å². The normalized spacial score (nSPS) is 26.0. The molecule has 1 atom stereocenters. The summed E-state index contributed by atoms with van der Waals surface area (Å²) < 4.78 is 27.9. The van der Waals surface area contributed by atoms with Gasteiger partial charge in [-0.1, -0.05) is 0 Å². The molecule has 102 valence electrons. The second kappa shape index (κ2) is 5.87. The van der Waals surface area contributed by atoms with Crippen molar-refractivity contribution in [3.05, 3.63) is 0 Å². The highest BCUT2D eigenvalue weighted by atomic mass is 35.5. The maximum atomic E-state index is 11.1. The van der Waals surface area contributed by atoms with Crippen LogP contribution in [0.4, 0.5) is 0 Å². The molecule has 0 radical (unpaired) electrons. The first kappa shape index (κ1) is 15.2. The topological polar surface area (TPSA) is 46.6 Å². The Morgan fingerprint density at radius 2 is 2.12 bits per heavy atom. The van der Waals surface area contributed by atoms with Crippen molar-refractivity contribution in [3.8, 4) is 0 Å². The molecule has 1 saturated heterocycles. The van der Waals surface area contributed by atoms with Crippen molar-refractivity contribution in [2.75, 3.05) is 37.5 Å². The zero-order valence-electron chi connectivity index (χ0n) is 10.8. The first-order valence-corrected chi connectivity index (χ1v) is 8.45. The molecule has 1 aliphatic rings. The predicted molar refractivity (Wildman–Crippen MR) is 70.4 cm³/mol. The quantitative estimate of drug-likeness (QED) is 0.710. The van der Waals surface area contributed by atoms with Crippen molar-refractivity contribution in [1.82, 2.24) is 4.90 Å². The van der Waals surface area contributed by atoms with Gasteiger partial charge >= 0.3 is 0 Å². The second-order valence-corrected chi connectivity index (χ2v) is 7.94. The van der Waals surface area contributed by atoms with Crippen LogP contribution in [0, 0.1) is 0 Å². The zero-order chi connectivity index (χ0) is 13.1. The van der Waals surface area contributed by atoms with Gasteiger partial charge in [-0.15, -0.1) is 11.6 Å². The molecule has 0 amide bonds. The van der Waals surface area contributed by atoms with E-state index in [2.05, 4.69) is 4.90 Å². The van der Waals surface area contributed by atoms with E-state index in [9.17, 15) is 8.42 Å². The molecular weight excluding hydrogens is 262 g/mol. The van der Waals surface area contributed by atoms with Gasteiger partial charge in [0.25, 0.3) is 0 Å². The maximum Gasteiger partial charge on any atom is 0.147 e. The van der Waals surface area contributed by atoms with Gasteiger partial charge in [-0.25, -0.2) is 8.42 Å². The molecular formula is C11H22ClNO3S. The molecule has 0 bridgehead atoms. The summed E-state index contributed by atoms with van der Waals surface area (Å²) in [6.07, 6.45) is 1.99. The average Bonchev–Trinajstić information content (AvgIpc) is 2.13. The van der Waals surface area contributed by atoms with Crippen LogP contribution in [-0.4, -0.2) is 62.5 Å². The van der Waals surface area contributed by atoms with Crippen molar-refractivity contribution < 1.29 is 13.2 Å². The van der Waals surface area contributed by atoms with Gasteiger partial charge in [0.15, 0.2) is 0 Å². The monoisotopic (exact) mass is 283 g/mol. The first-order chi connectivity index (χ1) is 7.72. The number of hydrogen-bond donors (Lipinski definition) is 0. The van der Waals surface area contributed by atoms with E-state index in [0.29, 0.717) is 12.3 Å². The number of rotatable bonds is 5. The maximum absolute atomic E-state index is 11.1. The number of halogens is 1. The lowest BCUT2D eigenvalue weighted by Gasteiger charge is -2.42. The molecule has 0 aromatic carbocycles. The SMILES string of the molecule is CC1(C)CN(CCCS(C)(=O)=O)CC(CCl)O1. The molecule has 0 aliphatic carbocycles. The van der Waals surface area contributed by atoms with E-state index in [-0.39, 0.29) is 17.5 Å². The minimum Gasteiger partial charge on any atom is -0.368 e. The molecule has 4 nitrogen and oxygen atoms in total. The third-order valence-corrected chi connectivity index (χ3v) is 4.09. The highest BCUT2D eigenvalue weighted by Gasteiger charge is 2.32. The number of ether oxygens (including phenoxy) is 1.